The topological polar surface area (TPSA) is 57.5 Å². The molecule has 2 atom stereocenters. The van der Waals surface area contributed by atoms with Gasteiger partial charge in [0.25, 0.3) is 0 Å². The summed E-state index contributed by atoms with van der Waals surface area (Å²) in [6.07, 6.45) is 6.58. The van der Waals surface area contributed by atoms with E-state index in [1.54, 1.807) is 6.92 Å². The Balaban J connectivity index is 2.55. The van der Waals surface area contributed by atoms with Crippen molar-refractivity contribution in [1.82, 2.24) is 0 Å². The van der Waals surface area contributed by atoms with Gasteiger partial charge >= 0.3 is 0 Å². The number of Topliss-reactive ketones (excluding diaryl/α,β-unsaturated/α-hetero) is 1. The molecule has 3 heteroatoms. The van der Waals surface area contributed by atoms with Gasteiger partial charge in [-0.25, -0.2) is 0 Å². The molecule has 0 saturated heterocycles. The van der Waals surface area contributed by atoms with Crippen molar-refractivity contribution < 1.29 is 15.0 Å². The molecule has 1 rings (SSSR count). The van der Waals surface area contributed by atoms with Gasteiger partial charge in [-0.2, -0.15) is 0 Å². The molecule has 0 radical (unpaired) electrons. The molecule has 0 amide bonds. The number of hydrogen-bond donors (Lipinski definition) is 2. The number of carbonyl (C=O) groups is 1. The quantitative estimate of drug-likeness (QED) is 0.741. The number of aliphatic hydroxyl groups excluding tert-OH is 1. The van der Waals surface area contributed by atoms with Gasteiger partial charge < -0.3 is 10.2 Å². The lowest BCUT2D eigenvalue weighted by Gasteiger charge is -2.28. The van der Waals surface area contributed by atoms with Crippen LogP contribution >= 0.6 is 0 Å². The maximum atomic E-state index is 12.2. The van der Waals surface area contributed by atoms with Crippen molar-refractivity contribution in [2.75, 3.05) is 6.61 Å². The zero-order chi connectivity index (χ0) is 13.8. The van der Waals surface area contributed by atoms with Crippen LogP contribution in [0.3, 0.4) is 0 Å². The predicted molar refractivity (Wildman–Crippen MR) is 72.3 cm³/mol. The molecule has 2 unspecified atom stereocenters. The Morgan fingerprint density at radius 3 is 2.72 bits per heavy atom. The standard InChI is InChI=1S/C15H26O3/c1-12-5-6-13(17)14(2,10-7-12)8-4-9-15(3,18)11-16/h7,16,18H,4-6,8-11H2,1-3H3. The maximum absolute atomic E-state index is 12.2. The van der Waals surface area contributed by atoms with Crippen LogP contribution in [0.5, 0.6) is 0 Å². The fourth-order valence-electron chi connectivity index (χ4n) is 2.41. The number of aliphatic hydroxyl groups is 2. The molecule has 18 heavy (non-hydrogen) atoms. The summed E-state index contributed by atoms with van der Waals surface area (Å²) in [6, 6.07) is 0. The van der Waals surface area contributed by atoms with E-state index in [4.69, 9.17) is 5.11 Å². The minimum absolute atomic E-state index is 0.226. The smallest absolute Gasteiger partial charge is 0.139 e. The normalized spacial score (nSPS) is 28.5. The van der Waals surface area contributed by atoms with Crippen molar-refractivity contribution >= 4 is 5.78 Å². The summed E-state index contributed by atoms with van der Waals surface area (Å²) >= 11 is 0. The second-order valence-electron chi connectivity index (χ2n) is 6.25. The van der Waals surface area contributed by atoms with E-state index in [0.29, 0.717) is 18.6 Å². The van der Waals surface area contributed by atoms with Crippen molar-refractivity contribution in [3.8, 4) is 0 Å². The highest BCUT2D eigenvalue weighted by atomic mass is 16.3. The van der Waals surface area contributed by atoms with Crippen LogP contribution in [0.1, 0.15) is 59.3 Å². The molecule has 0 aliphatic heterocycles. The highest BCUT2D eigenvalue weighted by Gasteiger charge is 2.33. The Morgan fingerprint density at radius 2 is 2.11 bits per heavy atom. The third kappa shape index (κ3) is 4.21. The molecule has 1 aliphatic rings. The van der Waals surface area contributed by atoms with Crippen molar-refractivity contribution in [3.63, 3.8) is 0 Å². The van der Waals surface area contributed by atoms with Gasteiger partial charge in [-0.3, -0.25) is 4.79 Å². The molecule has 0 bridgehead atoms. The van der Waals surface area contributed by atoms with Crippen LogP contribution in [0, 0.1) is 5.41 Å². The van der Waals surface area contributed by atoms with Crippen molar-refractivity contribution in [2.45, 2.75) is 64.9 Å². The van der Waals surface area contributed by atoms with Gasteiger partial charge in [-0.1, -0.05) is 18.6 Å². The van der Waals surface area contributed by atoms with Gasteiger partial charge in [-0.05, 0) is 46.0 Å². The van der Waals surface area contributed by atoms with E-state index in [9.17, 15) is 9.90 Å². The molecule has 0 spiro atoms. The van der Waals surface area contributed by atoms with Crippen molar-refractivity contribution in [1.29, 1.82) is 0 Å². The van der Waals surface area contributed by atoms with E-state index >= 15 is 0 Å². The SMILES string of the molecule is CC1=CCC(C)(CCCC(C)(O)CO)C(=O)CC1. The summed E-state index contributed by atoms with van der Waals surface area (Å²) < 4.78 is 0. The summed E-state index contributed by atoms with van der Waals surface area (Å²) in [4.78, 5) is 12.2. The Hall–Kier alpha value is -0.670. The molecule has 0 aromatic heterocycles. The van der Waals surface area contributed by atoms with Gasteiger partial charge in [-0.15, -0.1) is 0 Å². The first kappa shape index (κ1) is 15.4. The highest BCUT2D eigenvalue weighted by molar-refractivity contribution is 5.85. The molecule has 0 saturated carbocycles. The van der Waals surface area contributed by atoms with Crippen LogP contribution in [0.25, 0.3) is 0 Å². The largest absolute Gasteiger partial charge is 0.393 e. The molecule has 3 nitrogen and oxygen atoms in total. The van der Waals surface area contributed by atoms with E-state index in [-0.39, 0.29) is 12.0 Å². The Kier molecular flexibility index (Phi) is 5.11. The third-order valence-corrected chi connectivity index (χ3v) is 4.11. The average molecular weight is 254 g/mol. The van der Waals surface area contributed by atoms with E-state index in [1.165, 1.54) is 5.57 Å². The lowest BCUT2D eigenvalue weighted by molar-refractivity contribution is -0.128. The molecule has 104 valence electrons. The second-order valence-corrected chi connectivity index (χ2v) is 6.25. The monoisotopic (exact) mass is 254 g/mol. The number of hydrogen-bond acceptors (Lipinski definition) is 3. The first-order chi connectivity index (χ1) is 8.29. The van der Waals surface area contributed by atoms with Crippen LogP contribution in [0.4, 0.5) is 0 Å². The molecular formula is C15H26O3. The summed E-state index contributed by atoms with van der Waals surface area (Å²) in [5.41, 5.74) is -0.00596. The fraction of sp³-hybridized carbons (Fsp3) is 0.800. The summed E-state index contributed by atoms with van der Waals surface area (Å²) in [5.74, 6) is 0.333. The average Bonchev–Trinajstić information content (AvgIpc) is 2.43. The van der Waals surface area contributed by atoms with Crippen LogP contribution in [0.2, 0.25) is 0 Å². The lowest BCUT2D eigenvalue weighted by atomic mass is 9.76. The van der Waals surface area contributed by atoms with E-state index in [0.717, 1.165) is 25.7 Å². The van der Waals surface area contributed by atoms with E-state index < -0.39 is 5.60 Å². The van der Waals surface area contributed by atoms with Gasteiger partial charge in [0.05, 0.1) is 12.2 Å². The minimum atomic E-state index is -1.02. The second kappa shape index (κ2) is 5.98. The molecule has 0 fully saturated rings. The summed E-state index contributed by atoms with van der Waals surface area (Å²) in [6.45, 7) is 5.51. The van der Waals surface area contributed by atoms with Crippen LogP contribution in [0.15, 0.2) is 11.6 Å². The highest BCUT2D eigenvalue weighted by Crippen LogP contribution is 2.36. The van der Waals surface area contributed by atoms with Gasteiger partial charge in [0, 0.05) is 11.8 Å². The summed E-state index contributed by atoms with van der Waals surface area (Å²) in [7, 11) is 0. The van der Waals surface area contributed by atoms with Gasteiger partial charge in [0.1, 0.15) is 5.78 Å². The van der Waals surface area contributed by atoms with Crippen LogP contribution < -0.4 is 0 Å². The molecular weight excluding hydrogens is 228 g/mol. The molecule has 2 N–H and O–H groups in total. The first-order valence-electron chi connectivity index (χ1n) is 6.81. The number of allylic oxidation sites excluding steroid dienone is 2. The minimum Gasteiger partial charge on any atom is -0.393 e. The van der Waals surface area contributed by atoms with Crippen molar-refractivity contribution in [2.24, 2.45) is 5.41 Å². The molecule has 1 aliphatic carbocycles. The number of carbonyl (C=O) groups excluding carboxylic acids is 1. The molecule has 0 aromatic rings. The van der Waals surface area contributed by atoms with Gasteiger partial charge in [0.2, 0.25) is 0 Å². The van der Waals surface area contributed by atoms with Crippen molar-refractivity contribution in [3.05, 3.63) is 11.6 Å². The first-order valence-corrected chi connectivity index (χ1v) is 6.81. The van der Waals surface area contributed by atoms with Gasteiger partial charge in [0.15, 0.2) is 0 Å². The zero-order valence-electron chi connectivity index (χ0n) is 11.8. The number of rotatable bonds is 5. The van der Waals surface area contributed by atoms with E-state index in [2.05, 4.69) is 13.0 Å². The molecule has 0 aromatic carbocycles. The fourth-order valence-corrected chi connectivity index (χ4v) is 2.41. The maximum Gasteiger partial charge on any atom is 0.139 e. The number of ketones is 1. The molecule has 0 heterocycles. The third-order valence-electron chi connectivity index (χ3n) is 4.11. The Morgan fingerprint density at radius 1 is 1.44 bits per heavy atom. The Bertz CT molecular complexity index is 331. The Labute approximate surface area is 110 Å². The van der Waals surface area contributed by atoms with E-state index in [1.807, 2.05) is 6.92 Å². The summed E-state index contributed by atoms with van der Waals surface area (Å²) in [5, 5.41) is 18.8. The zero-order valence-corrected chi connectivity index (χ0v) is 11.8. The van der Waals surface area contributed by atoms with Crippen LogP contribution in [-0.2, 0) is 4.79 Å². The predicted octanol–water partition coefficient (Wildman–Crippen LogP) is 2.61. The lowest BCUT2D eigenvalue weighted by Crippen LogP contribution is -2.31. The van der Waals surface area contributed by atoms with Crippen LogP contribution in [-0.4, -0.2) is 28.2 Å².